The van der Waals surface area contributed by atoms with E-state index >= 15 is 0 Å². The zero-order valence-corrected chi connectivity index (χ0v) is 18.3. The summed E-state index contributed by atoms with van der Waals surface area (Å²) in [7, 11) is -2.49. The van der Waals surface area contributed by atoms with Crippen molar-refractivity contribution in [2.24, 2.45) is 4.99 Å². The van der Waals surface area contributed by atoms with Crippen LogP contribution in [0.15, 0.2) is 132 Å². The lowest BCUT2D eigenvalue weighted by Gasteiger charge is -2.26. The first-order valence-electron chi connectivity index (χ1n) is 10.3. The average Bonchev–Trinajstić information content (AvgIpc) is 2.88. The van der Waals surface area contributed by atoms with Crippen molar-refractivity contribution in [3.05, 3.63) is 132 Å². The van der Waals surface area contributed by atoms with Gasteiger partial charge in [-0.3, -0.25) is 10.2 Å². The van der Waals surface area contributed by atoms with Crippen molar-refractivity contribution in [2.75, 3.05) is 0 Å². The number of benzene rings is 4. The second-order valence-corrected chi connectivity index (χ2v) is 10.5. The van der Waals surface area contributed by atoms with Gasteiger partial charge in [0.15, 0.2) is 12.6 Å². The van der Waals surface area contributed by atoms with Crippen LogP contribution in [0.1, 0.15) is 10.4 Å². The molecule has 1 N–H and O–H groups in total. The van der Waals surface area contributed by atoms with Crippen LogP contribution < -0.4 is 15.9 Å². The Kier molecular flexibility index (Phi) is 6.63. The van der Waals surface area contributed by atoms with Crippen LogP contribution in [-0.2, 0) is 0 Å². The Balaban J connectivity index is 1.95. The standard InChI is InChI=1S/C28H22N2OP/c29-21-27(22-30-28(31)23-13-5-1-6-14-23)32(24-15-7-2-8-16-24,25-17-9-3-10-18-25)26-19-11-4-12-20-26/h1-20,22,29H/q+1. The average molecular weight is 433 g/mol. The van der Waals surface area contributed by atoms with E-state index in [-0.39, 0.29) is 5.91 Å². The van der Waals surface area contributed by atoms with E-state index in [1.165, 1.54) is 6.21 Å². The minimum atomic E-state index is -2.49. The molecular formula is C28H22N2OP+. The number of hydrogen-bond donors (Lipinski definition) is 1. The zero-order chi connectivity index (χ0) is 22.2. The first-order valence-corrected chi connectivity index (χ1v) is 12.1. The molecule has 3 nitrogen and oxygen atoms in total. The van der Waals surface area contributed by atoms with E-state index in [0.717, 1.165) is 15.9 Å². The molecule has 0 aliphatic rings. The largest absolute Gasteiger partial charge is 0.277 e. The van der Waals surface area contributed by atoms with E-state index < -0.39 is 7.26 Å². The molecule has 154 valence electrons. The number of hydrogen-bond acceptors (Lipinski definition) is 2. The van der Waals surface area contributed by atoms with E-state index in [4.69, 9.17) is 5.41 Å². The van der Waals surface area contributed by atoms with Crippen LogP contribution in [-0.4, -0.2) is 18.0 Å². The monoisotopic (exact) mass is 433 g/mol. The Labute approximate surface area is 188 Å². The van der Waals surface area contributed by atoms with E-state index in [1.54, 1.807) is 12.1 Å². The van der Waals surface area contributed by atoms with Crippen molar-refractivity contribution in [3.8, 4) is 0 Å². The predicted molar refractivity (Wildman–Crippen MR) is 136 cm³/mol. The summed E-state index contributed by atoms with van der Waals surface area (Å²) in [6, 6.07) is 39.4. The van der Waals surface area contributed by atoms with Crippen molar-refractivity contribution in [3.63, 3.8) is 0 Å². The number of nitrogens with zero attached hydrogens (tertiary/aromatic N) is 1. The predicted octanol–water partition coefficient (Wildman–Crippen LogP) is 5.02. The van der Waals surface area contributed by atoms with Gasteiger partial charge in [0.1, 0.15) is 15.9 Å². The molecule has 4 rings (SSSR count). The molecule has 0 radical (unpaired) electrons. The van der Waals surface area contributed by atoms with Gasteiger partial charge in [0.25, 0.3) is 5.91 Å². The van der Waals surface area contributed by atoms with Gasteiger partial charge in [-0.15, -0.1) is 0 Å². The van der Waals surface area contributed by atoms with Crippen LogP contribution in [0.3, 0.4) is 0 Å². The summed E-state index contributed by atoms with van der Waals surface area (Å²) in [6.07, 6.45) is 1.53. The molecule has 0 spiro atoms. The second-order valence-electron chi connectivity index (χ2n) is 7.12. The maximum absolute atomic E-state index is 12.7. The Morgan fingerprint density at radius 1 is 0.656 bits per heavy atom. The summed E-state index contributed by atoms with van der Waals surface area (Å²) in [5.74, 6) is 2.32. The molecule has 4 aromatic carbocycles. The topological polar surface area (TPSA) is 53.3 Å². The fraction of sp³-hybridized carbons (Fsp3) is 0. The number of aliphatic imine (C=N–C) groups is 1. The van der Waals surface area contributed by atoms with E-state index in [9.17, 15) is 4.79 Å². The Hall–Kier alpha value is -3.90. The summed E-state index contributed by atoms with van der Waals surface area (Å²) < 4.78 is 0. The molecule has 0 aliphatic carbocycles. The molecule has 0 heterocycles. The molecule has 0 bridgehead atoms. The zero-order valence-electron chi connectivity index (χ0n) is 17.4. The quantitative estimate of drug-likeness (QED) is 0.337. The van der Waals surface area contributed by atoms with Crippen molar-refractivity contribution in [1.29, 1.82) is 5.41 Å². The van der Waals surface area contributed by atoms with Gasteiger partial charge in [-0.05, 0) is 48.5 Å². The smallest absolute Gasteiger partial charge is 0.267 e. The number of amides is 1. The molecule has 4 aromatic rings. The third-order valence-electron chi connectivity index (χ3n) is 5.24. The lowest BCUT2D eigenvalue weighted by molar-refractivity contribution is 0.100. The molecule has 0 unspecified atom stereocenters. The van der Waals surface area contributed by atoms with Gasteiger partial charge in [0.05, 0.1) is 6.21 Å². The first kappa shape index (κ1) is 21.3. The van der Waals surface area contributed by atoms with Gasteiger partial charge in [-0.1, -0.05) is 72.8 Å². The fourth-order valence-corrected chi connectivity index (χ4v) is 7.78. The number of carbonyl (C=O) groups excluding carboxylic acids is 1. The van der Waals surface area contributed by atoms with E-state index in [1.807, 2.05) is 72.8 Å². The second kappa shape index (κ2) is 9.94. The maximum Gasteiger partial charge on any atom is 0.277 e. The summed E-state index contributed by atoms with van der Waals surface area (Å²) in [5.41, 5.74) is 0.510. The van der Waals surface area contributed by atoms with E-state index in [2.05, 4.69) is 47.3 Å². The molecule has 4 heteroatoms. The lowest BCUT2D eigenvalue weighted by atomic mass is 10.2. The third-order valence-corrected chi connectivity index (χ3v) is 9.41. The molecule has 0 fully saturated rings. The van der Waals surface area contributed by atoms with Crippen LogP contribution in [0.5, 0.6) is 0 Å². The molecule has 1 amide bonds. The van der Waals surface area contributed by atoms with Crippen LogP contribution in [0.4, 0.5) is 0 Å². The van der Waals surface area contributed by atoms with Gasteiger partial charge < -0.3 is 0 Å². The van der Waals surface area contributed by atoms with Gasteiger partial charge in [0, 0.05) is 11.4 Å². The highest BCUT2D eigenvalue weighted by atomic mass is 31.2. The highest BCUT2D eigenvalue weighted by molar-refractivity contribution is 8.00. The maximum atomic E-state index is 12.7. The summed E-state index contributed by atoms with van der Waals surface area (Å²) in [5, 5.41) is 12.1. The van der Waals surface area contributed by atoms with Gasteiger partial charge in [-0.25, -0.2) is 4.99 Å². The van der Waals surface area contributed by atoms with E-state index in [0.29, 0.717) is 10.9 Å². The highest BCUT2D eigenvalue weighted by Gasteiger charge is 2.49. The molecule has 0 aliphatic heterocycles. The van der Waals surface area contributed by atoms with Gasteiger partial charge >= 0.3 is 0 Å². The molecular weight excluding hydrogens is 411 g/mol. The molecule has 0 saturated heterocycles. The summed E-state index contributed by atoms with van der Waals surface area (Å²) in [6.45, 7) is 0. The summed E-state index contributed by atoms with van der Waals surface area (Å²) >= 11 is 0. The van der Waals surface area contributed by atoms with Gasteiger partial charge in [-0.2, -0.15) is 0 Å². The molecule has 0 aromatic heterocycles. The Morgan fingerprint density at radius 3 is 1.41 bits per heavy atom. The molecule has 0 atom stereocenters. The Bertz CT molecular complexity index is 1170. The van der Waals surface area contributed by atoms with Crippen LogP contribution in [0.2, 0.25) is 0 Å². The van der Waals surface area contributed by atoms with Crippen molar-refractivity contribution >= 4 is 41.2 Å². The molecule has 0 saturated carbocycles. The normalized spacial score (nSPS) is 11.1. The minimum absolute atomic E-state index is 0.342. The van der Waals surface area contributed by atoms with Gasteiger partial charge in [0.2, 0.25) is 0 Å². The SMILES string of the molecule is N=C=C(C=NC(=O)c1ccccc1)[P+](c1ccccc1)(c1ccccc1)c1ccccc1. The Morgan fingerprint density at radius 2 is 1.03 bits per heavy atom. The number of carbonyl (C=O) groups is 1. The number of nitrogens with one attached hydrogen (secondary N) is 1. The highest BCUT2D eigenvalue weighted by Crippen LogP contribution is 2.60. The summed E-state index contributed by atoms with van der Waals surface area (Å²) in [4.78, 5) is 17.0. The van der Waals surface area contributed by atoms with Crippen molar-refractivity contribution in [2.45, 2.75) is 0 Å². The minimum Gasteiger partial charge on any atom is -0.267 e. The number of rotatable bonds is 6. The number of allylic oxidation sites excluding steroid dienone is 1. The first-order chi connectivity index (χ1) is 15.8. The van der Waals surface area contributed by atoms with Crippen molar-refractivity contribution < 1.29 is 4.79 Å². The van der Waals surface area contributed by atoms with Crippen molar-refractivity contribution in [1.82, 2.24) is 0 Å². The fourth-order valence-electron chi connectivity index (χ4n) is 3.80. The van der Waals surface area contributed by atoms with Crippen LogP contribution in [0.25, 0.3) is 0 Å². The van der Waals surface area contributed by atoms with Crippen LogP contribution >= 0.6 is 7.26 Å². The van der Waals surface area contributed by atoms with Crippen LogP contribution in [0, 0.1) is 5.41 Å². The molecule has 32 heavy (non-hydrogen) atoms. The lowest BCUT2D eigenvalue weighted by Crippen LogP contribution is -2.33. The third kappa shape index (κ3) is 4.13.